The minimum absolute atomic E-state index is 0.0927. The predicted molar refractivity (Wildman–Crippen MR) is 108 cm³/mol. The summed E-state index contributed by atoms with van der Waals surface area (Å²) in [6.07, 6.45) is 10.5. The van der Waals surface area contributed by atoms with Crippen LogP contribution in [0.4, 0.5) is 4.39 Å². The van der Waals surface area contributed by atoms with E-state index in [1.165, 1.54) is 56.9 Å². The summed E-state index contributed by atoms with van der Waals surface area (Å²) in [5.74, 6) is 1.34. The average molecular weight is 403 g/mol. The van der Waals surface area contributed by atoms with Crippen molar-refractivity contribution >= 4 is 15.9 Å². The van der Waals surface area contributed by atoms with Crippen LogP contribution in [0.3, 0.4) is 0 Å². The van der Waals surface area contributed by atoms with E-state index in [1.54, 1.807) is 6.07 Å². The van der Waals surface area contributed by atoms with Gasteiger partial charge in [-0.3, -0.25) is 0 Å². The van der Waals surface area contributed by atoms with Crippen LogP contribution in [0, 0.1) is 11.7 Å². The molecule has 0 bridgehead atoms. The molecule has 2 heteroatoms. The molecule has 1 aliphatic rings. The zero-order chi connectivity index (χ0) is 17.6. The predicted octanol–water partition coefficient (Wildman–Crippen LogP) is 8.11. The van der Waals surface area contributed by atoms with Crippen molar-refractivity contribution in [2.24, 2.45) is 5.92 Å². The zero-order valence-corrected chi connectivity index (χ0v) is 16.7. The maximum atomic E-state index is 14.7. The Kier molecular flexibility index (Phi) is 6.70. The first-order chi connectivity index (χ1) is 12.2. The third-order valence-electron chi connectivity index (χ3n) is 5.68. The minimum atomic E-state index is -0.0927. The average Bonchev–Trinajstić information content (AvgIpc) is 2.63. The molecule has 3 rings (SSSR count). The van der Waals surface area contributed by atoms with Crippen LogP contribution in [0.1, 0.15) is 69.8 Å². The number of halogens is 2. The Balaban J connectivity index is 1.63. The molecule has 0 radical (unpaired) electrons. The molecule has 0 amide bonds. The summed E-state index contributed by atoms with van der Waals surface area (Å²) in [6.45, 7) is 2.27. The van der Waals surface area contributed by atoms with Gasteiger partial charge in [0.05, 0.1) is 0 Å². The van der Waals surface area contributed by atoms with E-state index in [0.717, 1.165) is 16.0 Å². The normalized spacial score (nSPS) is 20.6. The lowest BCUT2D eigenvalue weighted by Gasteiger charge is -2.29. The molecule has 0 aliphatic heterocycles. The van der Waals surface area contributed by atoms with Crippen LogP contribution in [0.2, 0.25) is 0 Å². The molecular weight excluding hydrogens is 375 g/mol. The van der Waals surface area contributed by atoms with Gasteiger partial charge in [-0.2, -0.15) is 0 Å². The van der Waals surface area contributed by atoms with Gasteiger partial charge in [-0.25, -0.2) is 4.39 Å². The third kappa shape index (κ3) is 4.94. The van der Waals surface area contributed by atoms with Gasteiger partial charge in [0.2, 0.25) is 0 Å². The number of benzene rings is 2. The molecule has 1 aliphatic carbocycles. The second kappa shape index (κ2) is 8.98. The number of hydrogen-bond acceptors (Lipinski definition) is 0. The molecule has 0 nitrogen and oxygen atoms in total. The fraction of sp³-hybridized carbons (Fsp3) is 0.478. The molecule has 0 unspecified atom stereocenters. The first-order valence-electron chi connectivity index (χ1n) is 9.72. The molecule has 2 aromatic rings. The largest absolute Gasteiger partial charge is 0.206 e. The quantitative estimate of drug-likeness (QED) is 0.427. The Morgan fingerprint density at radius 1 is 0.960 bits per heavy atom. The Morgan fingerprint density at radius 2 is 1.68 bits per heavy atom. The van der Waals surface area contributed by atoms with Crippen LogP contribution >= 0.6 is 15.9 Å². The molecule has 0 aromatic heterocycles. The fourth-order valence-corrected chi connectivity index (χ4v) is 4.38. The van der Waals surface area contributed by atoms with Crippen LogP contribution < -0.4 is 0 Å². The smallest absolute Gasteiger partial charge is 0.131 e. The van der Waals surface area contributed by atoms with Crippen LogP contribution in [0.15, 0.2) is 46.9 Å². The highest BCUT2D eigenvalue weighted by Gasteiger charge is 2.22. The van der Waals surface area contributed by atoms with E-state index in [1.807, 2.05) is 30.3 Å². The standard InChI is InChI=1S/C23H28BrF/c1-2-3-4-5-17-6-8-18(9-7-17)20-12-15-22(23(25)16-20)19-10-13-21(24)14-11-19/h10-18H,2-9H2,1H3. The first-order valence-corrected chi connectivity index (χ1v) is 10.5. The summed E-state index contributed by atoms with van der Waals surface area (Å²) in [5.41, 5.74) is 2.82. The van der Waals surface area contributed by atoms with Gasteiger partial charge in [0, 0.05) is 10.0 Å². The number of hydrogen-bond donors (Lipinski definition) is 0. The molecule has 25 heavy (non-hydrogen) atoms. The van der Waals surface area contributed by atoms with Gasteiger partial charge in [0.15, 0.2) is 0 Å². The van der Waals surface area contributed by atoms with Crippen molar-refractivity contribution in [3.05, 3.63) is 58.3 Å². The van der Waals surface area contributed by atoms with Crippen molar-refractivity contribution in [3.8, 4) is 11.1 Å². The third-order valence-corrected chi connectivity index (χ3v) is 6.21. The van der Waals surface area contributed by atoms with Crippen LogP contribution in [0.5, 0.6) is 0 Å². The zero-order valence-electron chi connectivity index (χ0n) is 15.1. The second-order valence-corrected chi connectivity index (χ2v) is 8.38. The molecule has 0 saturated heterocycles. The highest BCUT2D eigenvalue weighted by Crippen LogP contribution is 2.38. The van der Waals surface area contributed by atoms with E-state index in [4.69, 9.17) is 0 Å². The van der Waals surface area contributed by atoms with E-state index in [0.29, 0.717) is 11.5 Å². The number of unbranched alkanes of at least 4 members (excludes halogenated alkanes) is 2. The molecule has 0 atom stereocenters. The molecule has 0 spiro atoms. The van der Waals surface area contributed by atoms with E-state index in [-0.39, 0.29) is 5.82 Å². The van der Waals surface area contributed by atoms with E-state index in [9.17, 15) is 4.39 Å². The van der Waals surface area contributed by atoms with Crippen molar-refractivity contribution in [3.63, 3.8) is 0 Å². The van der Waals surface area contributed by atoms with Crippen molar-refractivity contribution in [2.75, 3.05) is 0 Å². The van der Waals surface area contributed by atoms with E-state index < -0.39 is 0 Å². The molecule has 1 fully saturated rings. The van der Waals surface area contributed by atoms with Gasteiger partial charge in [0.1, 0.15) is 5.82 Å². The maximum absolute atomic E-state index is 14.7. The van der Waals surface area contributed by atoms with Gasteiger partial charge in [0.25, 0.3) is 0 Å². The lowest BCUT2D eigenvalue weighted by atomic mass is 9.77. The molecule has 1 saturated carbocycles. The fourth-order valence-electron chi connectivity index (χ4n) is 4.12. The monoisotopic (exact) mass is 402 g/mol. The van der Waals surface area contributed by atoms with Gasteiger partial charge >= 0.3 is 0 Å². The Morgan fingerprint density at radius 3 is 2.32 bits per heavy atom. The van der Waals surface area contributed by atoms with Gasteiger partial charge in [-0.1, -0.05) is 72.8 Å². The lowest BCUT2D eigenvalue weighted by molar-refractivity contribution is 0.302. The Hall–Kier alpha value is -1.15. The van der Waals surface area contributed by atoms with Gasteiger partial charge < -0.3 is 0 Å². The van der Waals surface area contributed by atoms with Gasteiger partial charge in [-0.15, -0.1) is 0 Å². The van der Waals surface area contributed by atoms with Crippen molar-refractivity contribution < 1.29 is 4.39 Å². The highest BCUT2D eigenvalue weighted by atomic mass is 79.9. The summed E-state index contributed by atoms with van der Waals surface area (Å²) in [7, 11) is 0. The van der Waals surface area contributed by atoms with E-state index in [2.05, 4.69) is 28.9 Å². The summed E-state index contributed by atoms with van der Waals surface area (Å²) in [4.78, 5) is 0. The minimum Gasteiger partial charge on any atom is -0.206 e. The topological polar surface area (TPSA) is 0 Å². The Labute approximate surface area is 160 Å². The maximum Gasteiger partial charge on any atom is 0.131 e. The van der Waals surface area contributed by atoms with E-state index >= 15 is 0 Å². The van der Waals surface area contributed by atoms with Crippen molar-refractivity contribution in [1.82, 2.24) is 0 Å². The highest BCUT2D eigenvalue weighted by molar-refractivity contribution is 9.10. The van der Waals surface area contributed by atoms with Crippen molar-refractivity contribution in [1.29, 1.82) is 0 Å². The van der Waals surface area contributed by atoms with Crippen molar-refractivity contribution in [2.45, 2.75) is 64.2 Å². The van der Waals surface area contributed by atoms with Crippen LogP contribution in [0.25, 0.3) is 11.1 Å². The lowest BCUT2D eigenvalue weighted by Crippen LogP contribution is -2.13. The molecule has 2 aromatic carbocycles. The molecule has 0 N–H and O–H groups in total. The number of rotatable bonds is 6. The second-order valence-electron chi connectivity index (χ2n) is 7.46. The van der Waals surface area contributed by atoms with Crippen LogP contribution in [-0.2, 0) is 0 Å². The Bertz CT molecular complexity index is 669. The summed E-state index contributed by atoms with van der Waals surface area (Å²) in [6, 6.07) is 13.7. The molecule has 0 heterocycles. The van der Waals surface area contributed by atoms with Gasteiger partial charge in [-0.05, 0) is 66.8 Å². The molecule has 134 valence electrons. The SMILES string of the molecule is CCCCCC1CCC(c2ccc(-c3ccc(Br)cc3)c(F)c2)CC1. The summed E-state index contributed by atoms with van der Waals surface area (Å²) >= 11 is 3.43. The van der Waals surface area contributed by atoms with Crippen LogP contribution in [-0.4, -0.2) is 0 Å². The summed E-state index contributed by atoms with van der Waals surface area (Å²) in [5, 5.41) is 0. The summed E-state index contributed by atoms with van der Waals surface area (Å²) < 4.78 is 15.7. The first kappa shape index (κ1) is 18.6. The molecular formula is C23H28BrF.